The van der Waals surface area contributed by atoms with Gasteiger partial charge < -0.3 is 23.4 Å². The normalized spacial score (nSPS) is 13.5. The Kier molecular flexibility index (Phi) is 5.34. The van der Waals surface area contributed by atoms with E-state index in [9.17, 15) is 4.79 Å². The third-order valence-corrected chi connectivity index (χ3v) is 5.19. The number of esters is 1. The van der Waals surface area contributed by atoms with Crippen LogP contribution in [0.3, 0.4) is 0 Å². The lowest BCUT2D eigenvalue weighted by Crippen LogP contribution is -2.13. The van der Waals surface area contributed by atoms with Crippen LogP contribution in [-0.4, -0.2) is 26.5 Å². The first-order chi connectivity index (χ1) is 14.1. The molecule has 4 rings (SSSR count). The molecule has 2 aromatic carbocycles. The zero-order valence-electron chi connectivity index (χ0n) is 16.8. The van der Waals surface area contributed by atoms with Crippen LogP contribution in [0.1, 0.15) is 36.1 Å². The molecule has 2 heterocycles. The van der Waals surface area contributed by atoms with Gasteiger partial charge >= 0.3 is 5.97 Å². The molecule has 0 bridgehead atoms. The number of ether oxygens (including phenoxy) is 4. The van der Waals surface area contributed by atoms with Crippen molar-refractivity contribution in [3.05, 3.63) is 53.3 Å². The fraction of sp³-hybridized carbons (Fsp3) is 0.348. The summed E-state index contributed by atoms with van der Waals surface area (Å²) in [5.74, 6) is 2.49. The molecule has 0 fully saturated rings. The Hall–Kier alpha value is -3.15. The minimum atomic E-state index is -0.245. The van der Waals surface area contributed by atoms with E-state index in [1.165, 1.54) is 0 Å². The molecule has 1 unspecified atom stereocenters. The predicted molar refractivity (Wildman–Crippen MR) is 108 cm³/mol. The van der Waals surface area contributed by atoms with Crippen LogP contribution in [0.4, 0.5) is 0 Å². The van der Waals surface area contributed by atoms with Crippen LogP contribution in [0.2, 0.25) is 0 Å². The molecule has 3 aromatic rings. The first kappa shape index (κ1) is 19.2. The average Bonchev–Trinajstić information content (AvgIpc) is 3.31. The van der Waals surface area contributed by atoms with E-state index >= 15 is 0 Å². The van der Waals surface area contributed by atoms with Crippen molar-refractivity contribution in [3.63, 3.8) is 0 Å². The third-order valence-electron chi connectivity index (χ3n) is 5.19. The largest absolute Gasteiger partial charge is 0.493 e. The van der Waals surface area contributed by atoms with Crippen molar-refractivity contribution in [2.24, 2.45) is 0 Å². The molecule has 0 N–H and O–H groups in total. The minimum Gasteiger partial charge on any atom is -0.493 e. The van der Waals surface area contributed by atoms with Crippen LogP contribution in [0, 0.1) is 6.92 Å². The number of para-hydroxylation sites is 1. The van der Waals surface area contributed by atoms with Gasteiger partial charge in [-0.25, -0.2) is 0 Å². The van der Waals surface area contributed by atoms with Gasteiger partial charge in [0.15, 0.2) is 22.8 Å². The van der Waals surface area contributed by atoms with Crippen LogP contribution in [0.5, 0.6) is 17.2 Å². The Labute approximate surface area is 169 Å². The highest BCUT2D eigenvalue weighted by Gasteiger charge is 2.26. The Morgan fingerprint density at radius 1 is 1.17 bits per heavy atom. The summed E-state index contributed by atoms with van der Waals surface area (Å²) in [6.07, 6.45) is 0.837. The van der Waals surface area contributed by atoms with Gasteiger partial charge in [-0.1, -0.05) is 18.2 Å². The first-order valence-electron chi connectivity index (χ1n) is 9.70. The third kappa shape index (κ3) is 3.75. The maximum atomic E-state index is 12.3. The number of furan rings is 1. The summed E-state index contributed by atoms with van der Waals surface area (Å²) in [6, 6.07) is 11.7. The van der Waals surface area contributed by atoms with Crippen LogP contribution in [0.15, 0.2) is 40.8 Å². The molecule has 0 spiro atoms. The number of fused-ring (bicyclic) bond motifs is 2. The topological polar surface area (TPSA) is 67.1 Å². The molecule has 6 heteroatoms. The lowest BCUT2D eigenvalue weighted by molar-refractivity contribution is -0.143. The van der Waals surface area contributed by atoms with Crippen molar-refractivity contribution in [1.82, 2.24) is 0 Å². The van der Waals surface area contributed by atoms with Gasteiger partial charge in [-0.05, 0) is 49.6 Å². The van der Waals surface area contributed by atoms with E-state index in [0.717, 1.165) is 33.8 Å². The van der Waals surface area contributed by atoms with Gasteiger partial charge in [-0.2, -0.15) is 0 Å². The Bertz CT molecular complexity index is 1040. The van der Waals surface area contributed by atoms with E-state index in [2.05, 4.69) is 0 Å². The van der Waals surface area contributed by atoms with Crippen molar-refractivity contribution in [1.29, 1.82) is 0 Å². The summed E-state index contributed by atoms with van der Waals surface area (Å²) >= 11 is 0. The zero-order valence-corrected chi connectivity index (χ0v) is 16.8. The van der Waals surface area contributed by atoms with Crippen LogP contribution in [-0.2, 0) is 16.0 Å². The second-order valence-electron chi connectivity index (χ2n) is 7.03. The quantitative estimate of drug-likeness (QED) is 0.537. The second-order valence-corrected chi connectivity index (χ2v) is 7.03. The molecular formula is C23H24O6. The van der Waals surface area contributed by atoms with Gasteiger partial charge in [-0.15, -0.1) is 0 Å². The van der Waals surface area contributed by atoms with Crippen molar-refractivity contribution >= 4 is 16.9 Å². The van der Waals surface area contributed by atoms with E-state index < -0.39 is 0 Å². The lowest BCUT2D eigenvalue weighted by atomic mass is 9.91. The lowest BCUT2D eigenvalue weighted by Gasteiger charge is -2.15. The van der Waals surface area contributed by atoms with Crippen molar-refractivity contribution in [2.45, 2.75) is 32.6 Å². The van der Waals surface area contributed by atoms with Gasteiger partial charge in [0.2, 0.25) is 6.79 Å². The maximum absolute atomic E-state index is 12.3. The van der Waals surface area contributed by atoms with Crippen LogP contribution < -0.4 is 14.2 Å². The molecule has 0 radical (unpaired) electrons. The van der Waals surface area contributed by atoms with Gasteiger partial charge in [0.05, 0.1) is 20.1 Å². The number of hydrogen-bond donors (Lipinski definition) is 0. The Balaban J connectivity index is 1.71. The molecule has 1 atom stereocenters. The number of methoxy groups -OCH3 is 1. The minimum absolute atomic E-state index is 0.175. The fourth-order valence-corrected chi connectivity index (χ4v) is 3.82. The van der Waals surface area contributed by atoms with Crippen LogP contribution in [0.25, 0.3) is 11.0 Å². The van der Waals surface area contributed by atoms with E-state index in [1.54, 1.807) is 7.11 Å². The fourth-order valence-electron chi connectivity index (χ4n) is 3.82. The zero-order chi connectivity index (χ0) is 20.4. The summed E-state index contributed by atoms with van der Waals surface area (Å²) in [5.41, 5.74) is 2.74. The van der Waals surface area contributed by atoms with E-state index in [-0.39, 0.29) is 25.1 Å². The number of hydrogen-bond acceptors (Lipinski definition) is 6. The summed E-state index contributed by atoms with van der Waals surface area (Å²) in [4.78, 5) is 12.3. The maximum Gasteiger partial charge on any atom is 0.306 e. The summed E-state index contributed by atoms with van der Waals surface area (Å²) in [5, 5.41) is 0.985. The van der Waals surface area contributed by atoms with Crippen molar-refractivity contribution < 1.29 is 28.2 Å². The molecule has 0 saturated heterocycles. The molecule has 6 nitrogen and oxygen atoms in total. The van der Waals surface area contributed by atoms with E-state index in [4.69, 9.17) is 23.4 Å². The summed E-state index contributed by atoms with van der Waals surface area (Å²) in [7, 11) is 1.62. The summed E-state index contributed by atoms with van der Waals surface area (Å²) < 4.78 is 27.8. The van der Waals surface area contributed by atoms with E-state index in [0.29, 0.717) is 24.4 Å². The molecule has 0 saturated carbocycles. The van der Waals surface area contributed by atoms with Gasteiger partial charge in [0.25, 0.3) is 0 Å². The van der Waals surface area contributed by atoms with Gasteiger partial charge in [0, 0.05) is 11.3 Å². The monoisotopic (exact) mass is 396 g/mol. The molecule has 152 valence electrons. The molecule has 1 aliphatic heterocycles. The van der Waals surface area contributed by atoms with E-state index in [1.807, 2.05) is 50.2 Å². The standard InChI is InChI=1S/C23H24O6/c1-4-26-21(24)12-16(10-15-8-9-18-20(11-15)28-13-27-18)22-14(2)17-6-5-7-19(25-3)23(17)29-22/h5-9,11,16H,4,10,12-13H2,1-3H3. The Morgan fingerprint density at radius 3 is 2.79 bits per heavy atom. The second kappa shape index (κ2) is 8.07. The van der Waals surface area contributed by atoms with Gasteiger partial charge in [0.1, 0.15) is 5.76 Å². The van der Waals surface area contributed by atoms with Crippen LogP contribution >= 0.6 is 0 Å². The van der Waals surface area contributed by atoms with Crippen molar-refractivity contribution in [3.8, 4) is 17.2 Å². The molecular weight excluding hydrogens is 372 g/mol. The smallest absolute Gasteiger partial charge is 0.306 e. The molecule has 29 heavy (non-hydrogen) atoms. The number of benzene rings is 2. The highest BCUT2D eigenvalue weighted by atomic mass is 16.7. The highest BCUT2D eigenvalue weighted by Crippen LogP contribution is 2.39. The molecule has 1 aromatic heterocycles. The number of carbonyl (C=O) groups excluding carboxylic acids is 1. The SMILES string of the molecule is CCOC(=O)CC(Cc1ccc2c(c1)OCO2)c1oc2c(OC)cccc2c1C. The number of rotatable bonds is 7. The first-order valence-corrected chi connectivity index (χ1v) is 9.70. The molecule has 0 aliphatic carbocycles. The predicted octanol–water partition coefficient (Wildman–Crippen LogP) is 4.76. The number of carbonyl (C=O) groups is 1. The molecule has 0 amide bonds. The number of aryl methyl sites for hydroxylation is 1. The average molecular weight is 396 g/mol. The highest BCUT2D eigenvalue weighted by molar-refractivity contribution is 5.87. The van der Waals surface area contributed by atoms with Crippen molar-refractivity contribution in [2.75, 3.05) is 20.5 Å². The summed E-state index contributed by atoms with van der Waals surface area (Å²) in [6.45, 7) is 4.40. The Morgan fingerprint density at radius 2 is 2.00 bits per heavy atom. The van der Waals surface area contributed by atoms with Gasteiger partial charge in [-0.3, -0.25) is 4.79 Å². The molecule has 1 aliphatic rings.